The topological polar surface area (TPSA) is 50.7 Å². The van der Waals surface area contributed by atoms with E-state index in [0.29, 0.717) is 12.3 Å². The third-order valence-electron chi connectivity index (χ3n) is 2.01. The molecule has 0 spiro atoms. The Hall–Kier alpha value is -1.26. The molecule has 0 aromatic heterocycles. The van der Waals surface area contributed by atoms with Crippen molar-refractivity contribution < 1.29 is 14.7 Å². The monoisotopic (exact) mass is 197 g/mol. The molecule has 78 valence electrons. The van der Waals surface area contributed by atoms with Crippen molar-refractivity contribution in [3.8, 4) is 11.5 Å². The van der Waals surface area contributed by atoms with Crippen molar-refractivity contribution in [1.29, 1.82) is 0 Å². The molecule has 0 unspecified atom stereocenters. The smallest absolute Gasteiger partial charge is 0.163 e. The van der Waals surface area contributed by atoms with Gasteiger partial charge in [-0.05, 0) is 24.1 Å². The lowest BCUT2D eigenvalue weighted by Crippen LogP contribution is -2.07. The van der Waals surface area contributed by atoms with Crippen LogP contribution in [0.2, 0.25) is 0 Å². The summed E-state index contributed by atoms with van der Waals surface area (Å²) < 4.78 is 10.4. The molecule has 0 atom stereocenters. The summed E-state index contributed by atoms with van der Waals surface area (Å²) in [5.41, 5.74) is 4.03. The number of nitrogens with one attached hydrogen (secondary N) is 1. The second-order valence-corrected chi connectivity index (χ2v) is 2.98. The van der Waals surface area contributed by atoms with Crippen molar-refractivity contribution in [3.05, 3.63) is 23.3 Å². The first-order valence-electron chi connectivity index (χ1n) is 4.31. The average molecular weight is 197 g/mol. The standard InChI is InChI=1S/C10H15NO3/c1-7-4-8(6-11-12)5-9(13-2)10(7)14-3/h4-5,11-12H,6H2,1-3H3. The fraction of sp³-hybridized carbons (Fsp3) is 0.400. The number of ether oxygens (including phenoxy) is 2. The second kappa shape index (κ2) is 4.83. The van der Waals surface area contributed by atoms with Gasteiger partial charge in [-0.25, -0.2) is 5.48 Å². The quantitative estimate of drug-likeness (QED) is 0.718. The van der Waals surface area contributed by atoms with Gasteiger partial charge in [0, 0.05) is 6.54 Å². The Labute approximate surface area is 83.4 Å². The molecule has 0 heterocycles. The van der Waals surface area contributed by atoms with Crippen molar-refractivity contribution in [3.63, 3.8) is 0 Å². The minimum absolute atomic E-state index is 0.390. The summed E-state index contributed by atoms with van der Waals surface area (Å²) in [5.74, 6) is 1.41. The van der Waals surface area contributed by atoms with Gasteiger partial charge in [-0.1, -0.05) is 6.07 Å². The van der Waals surface area contributed by atoms with Gasteiger partial charge >= 0.3 is 0 Å². The fourth-order valence-corrected chi connectivity index (χ4v) is 1.42. The van der Waals surface area contributed by atoms with E-state index in [0.717, 1.165) is 16.9 Å². The molecule has 0 amide bonds. The van der Waals surface area contributed by atoms with E-state index in [-0.39, 0.29) is 0 Å². The average Bonchev–Trinajstić information content (AvgIpc) is 2.17. The van der Waals surface area contributed by atoms with Gasteiger partial charge in [0.2, 0.25) is 0 Å². The Kier molecular flexibility index (Phi) is 3.73. The molecule has 0 aliphatic rings. The Morgan fingerprint density at radius 2 is 2.00 bits per heavy atom. The van der Waals surface area contributed by atoms with Crippen LogP contribution < -0.4 is 15.0 Å². The molecular formula is C10H15NO3. The Morgan fingerprint density at radius 3 is 2.50 bits per heavy atom. The number of benzene rings is 1. The summed E-state index contributed by atoms with van der Waals surface area (Å²) in [4.78, 5) is 0. The molecule has 0 aliphatic heterocycles. The minimum Gasteiger partial charge on any atom is -0.493 e. The van der Waals surface area contributed by atoms with E-state index in [1.165, 1.54) is 0 Å². The molecule has 0 saturated carbocycles. The first kappa shape index (κ1) is 10.8. The van der Waals surface area contributed by atoms with Crippen LogP contribution in [0.5, 0.6) is 11.5 Å². The predicted molar refractivity (Wildman–Crippen MR) is 52.9 cm³/mol. The van der Waals surface area contributed by atoms with Crippen molar-refractivity contribution in [2.24, 2.45) is 0 Å². The number of hydrogen-bond acceptors (Lipinski definition) is 4. The maximum absolute atomic E-state index is 8.58. The maximum atomic E-state index is 8.58. The van der Waals surface area contributed by atoms with Gasteiger partial charge in [0.1, 0.15) is 0 Å². The van der Waals surface area contributed by atoms with E-state index in [9.17, 15) is 0 Å². The lowest BCUT2D eigenvalue weighted by Gasteiger charge is -2.12. The van der Waals surface area contributed by atoms with Crippen molar-refractivity contribution in [2.75, 3.05) is 14.2 Å². The minimum atomic E-state index is 0.390. The molecule has 0 radical (unpaired) electrons. The molecule has 0 saturated heterocycles. The molecule has 4 heteroatoms. The molecule has 0 bridgehead atoms. The van der Waals surface area contributed by atoms with Gasteiger partial charge in [-0.2, -0.15) is 0 Å². The van der Waals surface area contributed by atoms with Gasteiger partial charge in [0.05, 0.1) is 14.2 Å². The molecule has 4 nitrogen and oxygen atoms in total. The van der Waals surface area contributed by atoms with Crippen molar-refractivity contribution >= 4 is 0 Å². The van der Waals surface area contributed by atoms with Crippen LogP contribution in [0, 0.1) is 6.92 Å². The zero-order chi connectivity index (χ0) is 10.6. The van der Waals surface area contributed by atoms with Crippen LogP contribution in [-0.2, 0) is 6.54 Å². The summed E-state index contributed by atoms with van der Waals surface area (Å²) in [5, 5.41) is 8.58. The van der Waals surface area contributed by atoms with Gasteiger partial charge < -0.3 is 14.7 Å². The van der Waals surface area contributed by atoms with Crippen LogP contribution >= 0.6 is 0 Å². The fourth-order valence-electron chi connectivity index (χ4n) is 1.42. The normalized spacial score (nSPS) is 10.0. The van der Waals surface area contributed by atoms with Crippen LogP contribution in [0.15, 0.2) is 12.1 Å². The van der Waals surface area contributed by atoms with E-state index in [4.69, 9.17) is 14.7 Å². The highest BCUT2D eigenvalue weighted by molar-refractivity contribution is 5.48. The van der Waals surface area contributed by atoms with Crippen LogP contribution in [0.25, 0.3) is 0 Å². The Morgan fingerprint density at radius 1 is 1.29 bits per heavy atom. The van der Waals surface area contributed by atoms with Crippen molar-refractivity contribution in [2.45, 2.75) is 13.5 Å². The SMILES string of the molecule is COc1cc(CNO)cc(C)c1OC. The van der Waals surface area contributed by atoms with Gasteiger partial charge in [-0.3, -0.25) is 0 Å². The predicted octanol–water partition coefficient (Wildman–Crippen LogP) is 1.49. The lowest BCUT2D eigenvalue weighted by atomic mass is 10.1. The zero-order valence-electron chi connectivity index (χ0n) is 8.63. The maximum Gasteiger partial charge on any atom is 0.163 e. The van der Waals surface area contributed by atoms with Gasteiger partial charge in [0.15, 0.2) is 11.5 Å². The molecule has 0 aliphatic carbocycles. The van der Waals surface area contributed by atoms with E-state index >= 15 is 0 Å². The molecule has 0 fully saturated rings. The van der Waals surface area contributed by atoms with Crippen LogP contribution in [0.4, 0.5) is 0 Å². The first-order valence-corrected chi connectivity index (χ1v) is 4.31. The molecule has 2 N–H and O–H groups in total. The number of aryl methyl sites for hydroxylation is 1. The van der Waals surface area contributed by atoms with E-state index in [2.05, 4.69) is 5.48 Å². The Bertz CT molecular complexity index is 312. The van der Waals surface area contributed by atoms with Crippen LogP contribution in [0.3, 0.4) is 0 Å². The highest BCUT2D eigenvalue weighted by Crippen LogP contribution is 2.31. The van der Waals surface area contributed by atoms with Crippen LogP contribution in [-0.4, -0.2) is 19.4 Å². The number of methoxy groups -OCH3 is 2. The third-order valence-corrected chi connectivity index (χ3v) is 2.01. The summed E-state index contributed by atoms with van der Waals surface area (Å²) in [6.45, 7) is 2.32. The van der Waals surface area contributed by atoms with Crippen LogP contribution in [0.1, 0.15) is 11.1 Å². The summed E-state index contributed by atoms with van der Waals surface area (Å²) >= 11 is 0. The summed E-state index contributed by atoms with van der Waals surface area (Å²) in [7, 11) is 3.20. The third kappa shape index (κ3) is 2.16. The molecule has 14 heavy (non-hydrogen) atoms. The molecule has 1 rings (SSSR count). The zero-order valence-corrected chi connectivity index (χ0v) is 8.63. The molecule has 1 aromatic carbocycles. The largest absolute Gasteiger partial charge is 0.493 e. The highest BCUT2D eigenvalue weighted by atomic mass is 16.5. The second-order valence-electron chi connectivity index (χ2n) is 2.98. The summed E-state index contributed by atoms with van der Waals surface area (Å²) in [6, 6.07) is 3.76. The summed E-state index contributed by atoms with van der Waals surface area (Å²) in [6.07, 6.45) is 0. The van der Waals surface area contributed by atoms with E-state index in [1.54, 1.807) is 14.2 Å². The highest BCUT2D eigenvalue weighted by Gasteiger charge is 2.08. The first-order chi connectivity index (χ1) is 6.72. The number of rotatable bonds is 4. The van der Waals surface area contributed by atoms with E-state index < -0.39 is 0 Å². The van der Waals surface area contributed by atoms with Crippen molar-refractivity contribution in [1.82, 2.24) is 5.48 Å². The van der Waals surface area contributed by atoms with Gasteiger partial charge in [0.25, 0.3) is 0 Å². The molecular weight excluding hydrogens is 182 g/mol. The Balaban J connectivity index is 3.10. The molecule has 1 aromatic rings. The number of hydroxylamine groups is 1. The van der Waals surface area contributed by atoms with E-state index in [1.807, 2.05) is 19.1 Å². The number of hydrogen-bond donors (Lipinski definition) is 2. The van der Waals surface area contributed by atoms with Gasteiger partial charge in [-0.15, -0.1) is 0 Å². The lowest BCUT2D eigenvalue weighted by molar-refractivity contribution is 0.161.